The molecule has 0 aliphatic carbocycles. The lowest BCUT2D eigenvalue weighted by Crippen LogP contribution is -2.49. The van der Waals surface area contributed by atoms with Gasteiger partial charge in [0.1, 0.15) is 16.8 Å². The van der Waals surface area contributed by atoms with Crippen molar-refractivity contribution in [3.05, 3.63) is 63.8 Å². The number of nitrogens with zero attached hydrogens (tertiary/aromatic N) is 4. The zero-order valence-electron chi connectivity index (χ0n) is 16.0. The van der Waals surface area contributed by atoms with Gasteiger partial charge in [-0.05, 0) is 30.7 Å². The van der Waals surface area contributed by atoms with Crippen molar-refractivity contribution in [3.8, 4) is 0 Å². The fourth-order valence-electron chi connectivity index (χ4n) is 3.58. The van der Waals surface area contributed by atoms with Crippen LogP contribution >= 0.6 is 11.6 Å². The summed E-state index contributed by atoms with van der Waals surface area (Å²) < 4.78 is 0. The molecule has 150 valence electrons. The van der Waals surface area contributed by atoms with E-state index in [9.17, 15) is 9.59 Å². The van der Waals surface area contributed by atoms with E-state index in [0.29, 0.717) is 54.2 Å². The van der Waals surface area contributed by atoms with Gasteiger partial charge in [-0.25, -0.2) is 9.97 Å². The predicted octanol–water partition coefficient (Wildman–Crippen LogP) is 2.64. The van der Waals surface area contributed by atoms with Gasteiger partial charge >= 0.3 is 0 Å². The second kappa shape index (κ2) is 8.61. The summed E-state index contributed by atoms with van der Waals surface area (Å²) in [4.78, 5) is 40.3. The second-order valence-electron chi connectivity index (χ2n) is 7.07. The van der Waals surface area contributed by atoms with Gasteiger partial charge in [0, 0.05) is 39.0 Å². The van der Waals surface area contributed by atoms with Crippen molar-refractivity contribution in [2.75, 3.05) is 31.1 Å². The van der Waals surface area contributed by atoms with Crippen molar-refractivity contribution < 1.29 is 4.79 Å². The Hall–Kier alpha value is -2.93. The molecule has 0 atom stereocenters. The Morgan fingerprint density at radius 1 is 1.03 bits per heavy atom. The summed E-state index contributed by atoms with van der Waals surface area (Å²) >= 11 is 5.96. The molecule has 1 aliphatic heterocycles. The van der Waals surface area contributed by atoms with Crippen LogP contribution in [-0.4, -0.2) is 51.9 Å². The van der Waals surface area contributed by atoms with E-state index >= 15 is 0 Å². The van der Waals surface area contributed by atoms with Crippen LogP contribution in [-0.2, 0) is 11.2 Å². The molecule has 0 radical (unpaired) electrons. The van der Waals surface area contributed by atoms with Gasteiger partial charge in [-0.2, -0.15) is 0 Å². The molecule has 1 amide bonds. The fourth-order valence-corrected chi connectivity index (χ4v) is 3.74. The van der Waals surface area contributed by atoms with Crippen LogP contribution in [0.1, 0.15) is 18.7 Å². The van der Waals surface area contributed by atoms with Crippen molar-refractivity contribution in [1.82, 2.24) is 19.9 Å². The first kappa shape index (κ1) is 19.4. The Kier molecular flexibility index (Phi) is 5.76. The molecule has 1 fully saturated rings. The minimum Gasteiger partial charge on any atom is -0.353 e. The molecule has 1 N–H and O–H groups in total. The maximum Gasteiger partial charge on any atom is 0.258 e. The highest BCUT2D eigenvalue weighted by Crippen LogP contribution is 2.17. The molecule has 1 aromatic carbocycles. The number of benzene rings is 1. The van der Waals surface area contributed by atoms with E-state index in [1.54, 1.807) is 12.1 Å². The number of rotatable bonds is 5. The molecule has 3 heterocycles. The van der Waals surface area contributed by atoms with Crippen LogP contribution < -0.4 is 10.5 Å². The summed E-state index contributed by atoms with van der Waals surface area (Å²) in [5, 5.41) is 1.06. The number of carbonyl (C=O) groups is 1. The number of amides is 1. The number of fused-ring (bicyclic) bond motifs is 1. The second-order valence-corrected chi connectivity index (χ2v) is 7.46. The zero-order valence-corrected chi connectivity index (χ0v) is 16.7. The number of aromatic nitrogens is 3. The van der Waals surface area contributed by atoms with E-state index in [-0.39, 0.29) is 11.5 Å². The molecule has 0 saturated carbocycles. The number of nitrogens with one attached hydrogen (secondary N) is 1. The van der Waals surface area contributed by atoms with Gasteiger partial charge in [0.25, 0.3) is 5.56 Å². The van der Waals surface area contributed by atoms with E-state index < -0.39 is 0 Å². The molecule has 0 bridgehead atoms. The number of hydrogen-bond donors (Lipinski definition) is 1. The third-order valence-electron chi connectivity index (χ3n) is 5.12. The Balaban J connectivity index is 1.28. The van der Waals surface area contributed by atoms with Gasteiger partial charge in [0.05, 0.1) is 10.9 Å². The number of aryl methyl sites for hydroxylation is 1. The van der Waals surface area contributed by atoms with Crippen molar-refractivity contribution in [2.45, 2.75) is 19.3 Å². The predicted molar refractivity (Wildman–Crippen MR) is 113 cm³/mol. The number of halogens is 1. The molecule has 3 aromatic rings. The highest BCUT2D eigenvalue weighted by atomic mass is 35.5. The Bertz CT molecular complexity index is 1080. The van der Waals surface area contributed by atoms with Crippen LogP contribution in [0.2, 0.25) is 5.15 Å². The summed E-state index contributed by atoms with van der Waals surface area (Å²) in [7, 11) is 0. The molecule has 29 heavy (non-hydrogen) atoms. The monoisotopic (exact) mass is 411 g/mol. The summed E-state index contributed by atoms with van der Waals surface area (Å²) in [5.41, 5.74) is 0.547. The smallest absolute Gasteiger partial charge is 0.258 e. The Morgan fingerprint density at radius 3 is 2.62 bits per heavy atom. The number of hydrogen-bond acceptors (Lipinski definition) is 5. The average molecular weight is 412 g/mol. The highest BCUT2D eigenvalue weighted by molar-refractivity contribution is 6.29. The van der Waals surface area contributed by atoms with E-state index in [2.05, 4.69) is 19.9 Å². The summed E-state index contributed by atoms with van der Waals surface area (Å²) in [6, 6.07) is 12.8. The molecule has 8 heteroatoms. The molecule has 2 aromatic heterocycles. The molecule has 1 aliphatic rings. The third-order valence-corrected chi connectivity index (χ3v) is 5.33. The van der Waals surface area contributed by atoms with Gasteiger partial charge in [0.2, 0.25) is 5.91 Å². The van der Waals surface area contributed by atoms with Gasteiger partial charge in [-0.1, -0.05) is 29.8 Å². The van der Waals surface area contributed by atoms with Crippen molar-refractivity contribution in [2.24, 2.45) is 0 Å². The lowest BCUT2D eigenvalue weighted by molar-refractivity contribution is -0.131. The first-order valence-corrected chi connectivity index (χ1v) is 10.1. The maximum absolute atomic E-state index is 12.5. The minimum absolute atomic E-state index is 0.131. The SMILES string of the molecule is O=C(CCCc1nc2ccccc2c(=O)[nH]1)N1CCN(c2cccc(Cl)n2)CC1. The first-order valence-electron chi connectivity index (χ1n) is 9.73. The number of H-pyrrole nitrogens is 1. The number of piperazine rings is 1. The quantitative estimate of drug-likeness (QED) is 0.652. The van der Waals surface area contributed by atoms with E-state index in [4.69, 9.17) is 11.6 Å². The van der Waals surface area contributed by atoms with E-state index in [1.165, 1.54) is 0 Å². The molecule has 7 nitrogen and oxygen atoms in total. The number of pyridine rings is 1. The largest absolute Gasteiger partial charge is 0.353 e. The fraction of sp³-hybridized carbons (Fsp3) is 0.333. The lowest BCUT2D eigenvalue weighted by atomic mass is 10.2. The van der Waals surface area contributed by atoms with Crippen LogP contribution in [0.15, 0.2) is 47.3 Å². The number of carbonyl (C=O) groups excluding carboxylic acids is 1. The topological polar surface area (TPSA) is 82.2 Å². The summed E-state index contributed by atoms with van der Waals surface area (Å²) in [6.07, 6.45) is 1.65. The number of anilines is 1. The zero-order chi connectivity index (χ0) is 20.2. The van der Waals surface area contributed by atoms with Crippen LogP contribution in [0.4, 0.5) is 5.82 Å². The number of para-hydroxylation sites is 1. The standard InChI is InChI=1S/C21H22ClN5O2/c22-17-7-3-9-19(24-17)26-11-13-27(14-12-26)20(28)10-4-8-18-23-16-6-2-1-5-15(16)21(29)25-18/h1-3,5-7,9H,4,8,10-14H2,(H,23,25,29). The lowest BCUT2D eigenvalue weighted by Gasteiger charge is -2.35. The van der Waals surface area contributed by atoms with Crippen molar-refractivity contribution in [3.63, 3.8) is 0 Å². The van der Waals surface area contributed by atoms with Gasteiger partial charge < -0.3 is 14.8 Å². The molecule has 4 rings (SSSR count). The van der Waals surface area contributed by atoms with E-state index in [0.717, 1.165) is 18.9 Å². The van der Waals surface area contributed by atoms with Crippen LogP contribution in [0.25, 0.3) is 10.9 Å². The van der Waals surface area contributed by atoms with E-state index in [1.807, 2.05) is 35.2 Å². The maximum atomic E-state index is 12.5. The third kappa shape index (κ3) is 4.56. The highest BCUT2D eigenvalue weighted by Gasteiger charge is 2.21. The molecule has 1 saturated heterocycles. The minimum atomic E-state index is -0.136. The van der Waals surface area contributed by atoms with Crippen LogP contribution in [0.3, 0.4) is 0 Å². The molecular weight excluding hydrogens is 390 g/mol. The Labute approximate surface area is 173 Å². The average Bonchev–Trinajstić information content (AvgIpc) is 2.74. The van der Waals surface area contributed by atoms with Crippen LogP contribution in [0, 0.1) is 0 Å². The van der Waals surface area contributed by atoms with Gasteiger partial charge in [0.15, 0.2) is 0 Å². The molecular formula is C21H22ClN5O2. The van der Waals surface area contributed by atoms with Gasteiger partial charge in [-0.3, -0.25) is 9.59 Å². The van der Waals surface area contributed by atoms with Crippen LogP contribution in [0.5, 0.6) is 0 Å². The van der Waals surface area contributed by atoms with Gasteiger partial charge in [-0.15, -0.1) is 0 Å². The summed E-state index contributed by atoms with van der Waals surface area (Å²) in [6.45, 7) is 2.80. The first-order chi connectivity index (χ1) is 14.1. The molecule has 0 unspecified atom stereocenters. The Morgan fingerprint density at radius 2 is 1.83 bits per heavy atom. The number of aromatic amines is 1. The van der Waals surface area contributed by atoms with Crippen molar-refractivity contribution >= 4 is 34.2 Å². The summed E-state index contributed by atoms with van der Waals surface area (Å²) in [5.74, 6) is 1.60. The normalized spacial score (nSPS) is 14.4. The molecule has 0 spiro atoms. The van der Waals surface area contributed by atoms with Crippen molar-refractivity contribution in [1.29, 1.82) is 0 Å².